The molecule has 11 heavy (non-hydrogen) atoms. The van der Waals surface area contributed by atoms with Crippen LogP contribution in [0.25, 0.3) is 0 Å². The third kappa shape index (κ3) is 2.39. The minimum atomic E-state index is -4.05. The molecular weight excluding hydrogens is 182 g/mol. The molecule has 0 amide bonds. The average molecular weight is 190 g/mol. The van der Waals surface area contributed by atoms with Crippen LogP contribution in [0, 0.1) is 0 Å². The smallest absolute Gasteiger partial charge is 0.321 e. The maximum absolute atomic E-state index is 10.6. The van der Waals surface area contributed by atoms with Gasteiger partial charge in [-0.05, 0) is 17.4 Å². The van der Waals surface area contributed by atoms with Gasteiger partial charge in [0.25, 0.3) is 0 Å². The number of hydrogen-bond acceptors (Lipinski definition) is 1. The van der Waals surface area contributed by atoms with Crippen LogP contribution in [0.2, 0.25) is 0 Å². The average Bonchev–Trinajstić information content (AvgIpc) is 1.86. The first-order chi connectivity index (χ1) is 5.00. The summed E-state index contributed by atoms with van der Waals surface area (Å²) in [4.78, 5) is 17.4. The van der Waals surface area contributed by atoms with Crippen molar-refractivity contribution in [3.8, 4) is 0 Å². The topological polar surface area (TPSA) is 57.5 Å². The van der Waals surface area contributed by atoms with E-state index in [4.69, 9.17) is 9.79 Å². The van der Waals surface area contributed by atoms with Gasteiger partial charge in [0.05, 0.1) is 5.30 Å². The molecule has 0 aliphatic carbocycles. The van der Waals surface area contributed by atoms with Gasteiger partial charge in [0.2, 0.25) is 0 Å². The van der Waals surface area contributed by atoms with Crippen molar-refractivity contribution in [2.24, 2.45) is 0 Å². The minimum Gasteiger partial charge on any atom is -0.321 e. The molecule has 1 unspecified atom stereocenters. The zero-order valence-corrected chi connectivity index (χ0v) is 7.69. The molecule has 0 saturated heterocycles. The van der Waals surface area contributed by atoms with Crippen molar-refractivity contribution >= 4 is 27.4 Å². The van der Waals surface area contributed by atoms with E-state index in [1.165, 1.54) is 12.1 Å². The second-order valence-electron chi connectivity index (χ2n) is 2.14. The van der Waals surface area contributed by atoms with Crippen molar-refractivity contribution in [1.29, 1.82) is 0 Å². The fraction of sp³-hybridized carbons (Fsp3) is 0. The third-order valence-electron chi connectivity index (χ3n) is 1.23. The van der Waals surface area contributed by atoms with Gasteiger partial charge in [-0.15, -0.1) is 9.24 Å². The highest BCUT2D eigenvalue weighted by atomic mass is 31.2. The molecule has 0 bridgehead atoms. The van der Waals surface area contributed by atoms with Gasteiger partial charge in [0.15, 0.2) is 0 Å². The lowest BCUT2D eigenvalue weighted by atomic mass is 10.4. The van der Waals surface area contributed by atoms with Gasteiger partial charge in [-0.25, -0.2) is 0 Å². The molecule has 0 spiro atoms. The van der Waals surface area contributed by atoms with Crippen molar-refractivity contribution in [2.75, 3.05) is 0 Å². The molecule has 0 saturated carbocycles. The Morgan fingerprint density at radius 2 is 1.64 bits per heavy atom. The SMILES string of the molecule is O=P(O)(O)c1ccc(P)cc1. The van der Waals surface area contributed by atoms with Crippen LogP contribution < -0.4 is 10.6 Å². The van der Waals surface area contributed by atoms with E-state index in [1.807, 2.05) is 0 Å². The molecule has 2 N–H and O–H groups in total. The first kappa shape index (κ1) is 8.89. The highest BCUT2D eigenvalue weighted by Gasteiger charge is 2.15. The van der Waals surface area contributed by atoms with E-state index in [1.54, 1.807) is 12.1 Å². The van der Waals surface area contributed by atoms with Gasteiger partial charge in [-0.3, -0.25) is 4.57 Å². The summed E-state index contributed by atoms with van der Waals surface area (Å²) in [6.45, 7) is 0. The molecule has 0 fully saturated rings. The van der Waals surface area contributed by atoms with Crippen molar-refractivity contribution in [3.05, 3.63) is 24.3 Å². The standard InChI is InChI=1S/C6H8O3P2/c7-11(8,9)6-3-1-5(10)2-4-6/h1-4H,10H2,(H2,7,8,9). The highest BCUT2D eigenvalue weighted by Crippen LogP contribution is 2.32. The van der Waals surface area contributed by atoms with E-state index in [2.05, 4.69) is 9.24 Å². The Balaban J connectivity index is 3.09. The van der Waals surface area contributed by atoms with E-state index in [0.29, 0.717) is 0 Å². The van der Waals surface area contributed by atoms with Gasteiger partial charge >= 0.3 is 7.60 Å². The quantitative estimate of drug-likeness (QED) is 0.612. The van der Waals surface area contributed by atoms with Crippen LogP contribution in [0.1, 0.15) is 0 Å². The van der Waals surface area contributed by atoms with Crippen LogP contribution in [-0.2, 0) is 4.57 Å². The van der Waals surface area contributed by atoms with Crippen LogP contribution in [0.5, 0.6) is 0 Å². The first-order valence-corrected chi connectivity index (χ1v) is 5.11. The molecule has 0 radical (unpaired) electrons. The lowest BCUT2D eigenvalue weighted by molar-refractivity contribution is 0.387. The first-order valence-electron chi connectivity index (χ1n) is 2.92. The number of benzene rings is 1. The summed E-state index contributed by atoms with van der Waals surface area (Å²) in [6, 6.07) is 6.12. The van der Waals surface area contributed by atoms with Gasteiger partial charge < -0.3 is 9.79 Å². The van der Waals surface area contributed by atoms with Crippen molar-refractivity contribution in [1.82, 2.24) is 0 Å². The number of hydrogen-bond donors (Lipinski definition) is 2. The largest absolute Gasteiger partial charge is 0.356 e. The molecule has 5 heteroatoms. The minimum absolute atomic E-state index is 0.0590. The highest BCUT2D eigenvalue weighted by molar-refractivity contribution is 7.60. The molecule has 1 aromatic carbocycles. The summed E-state index contributed by atoms with van der Waals surface area (Å²) in [5, 5.41) is 0.964. The molecule has 60 valence electrons. The van der Waals surface area contributed by atoms with E-state index >= 15 is 0 Å². The Labute approximate surface area is 66.8 Å². The Bertz CT molecular complexity index is 287. The molecular formula is C6H8O3P2. The lowest BCUT2D eigenvalue weighted by Crippen LogP contribution is -2.05. The van der Waals surface area contributed by atoms with Crippen LogP contribution in [-0.4, -0.2) is 9.79 Å². The van der Waals surface area contributed by atoms with Crippen molar-refractivity contribution < 1.29 is 14.4 Å². The maximum atomic E-state index is 10.6. The number of rotatable bonds is 1. The second kappa shape index (κ2) is 3.04. The van der Waals surface area contributed by atoms with E-state index in [9.17, 15) is 4.57 Å². The van der Waals surface area contributed by atoms with E-state index < -0.39 is 7.60 Å². The van der Waals surface area contributed by atoms with E-state index in [-0.39, 0.29) is 5.30 Å². The van der Waals surface area contributed by atoms with Crippen LogP contribution in [0.15, 0.2) is 24.3 Å². The summed E-state index contributed by atoms with van der Waals surface area (Å²) in [5.41, 5.74) is 0. The monoisotopic (exact) mass is 190 g/mol. The summed E-state index contributed by atoms with van der Waals surface area (Å²) in [5.74, 6) is 0. The van der Waals surface area contributed by atoms with E-state index in [0.717, 1.165) is 5.30 Å². The van der Waals surface area contributed by atoms with Crippen molar-refractivity contribution in [2.45, 2.75) is 0 Å². The Morgan fingerprint density at radius 1 is 1.18 bits per heavy atom. The summed E-state index contributed by atoms with van der Waals surface area (Å²) in [6.07, 6.45) is 0. The van der Waals surface area contributed by atoms with Gasteiger partial charge in [-0.1, -0.05) is 12.1 Å². The molecule has 0 aliphatic rings. The lowest BCUT2D eigenvalue weighted by Gasteiger charge is -2.02. The predicted molar refractivity (Wildman–Crippen MR) is 47.5 cm³/mol. The molecule has 0 heterocycles. The molecule has 1 rings (SSSR count). The zero-order valence-electron chi connectivity index (χ0n) is 5.64. The zero-order chi connectivity index (χ0) is 8.48. The molecule has 0 aromatic heterocycles. The van der Waals surface area contributed by atoms with Gasteiger partial charge in [0.1, 0.15) is 0 Å². The fourth-order valence-electron chi connectivity index (χ4n) is 0.669. The summed E-state index contributed by atoms with van der Waals surface area (Å²) < 4.78 is 10.6. The van der Waals surface area contributed by atoms with Crippen LogP contribution in [0.3, 0.4) is 0 Å². The maximum Gasteiger partial charge on any atom is 0.356 e. The molecule has 0 aliphatic heterocycles. The summed E-state index contributed by atoms with van der Waals surface area (Å²) >= 11 is 0. The Kier molecular flexibility index (Phi) is 2.46. The van der Waals surface area contributed by atoms with Crippen LogP contribution in [0.4, 0.5) is 0 Å². The third-order valence-corrected chi connectivity index (χ3v) is 2.59. The fourth-order valence-corrected chi connectivity index (χ4v) is 1.40. The van der Waals surface area contributed by atoms with Crippen molar-refractivity contribution in [3.63, 3.8) is 0 Å². The van der Waals surface area contributed by atoms with Gasteiger partial charge in [-0.2, -0.15) is 0 Å². The summed E-state index contributed by atoms with van der Waals surface area (Å²) in [7, 11) is -1.61. The predicted octanol–water partition coefficient (Wildman–Crippen LogP) is -0.0100. The normalized spacial score (nSPS) is 11.5. The molecule has 3 nitrogen and oxygen atoms in total. The molecule has 1 aromatic rings. The Hall–Kier alpha value is -0.200. The molecule has 1 atom stereocenters. The van der Waals surface area contributed by atoms with Gasteiger partial charge in [0, 0.05) is 0 Å². The second-order valence-corrected chi connectivity index (χ2v) is 4.41. The Morgan fingerprint density at radius 3 is 2.00 bits per heavy atom. The van der Waals surface area contributed by atoms with Crippen LogP contribution >= 0.6 is 16.8 Å².